The molecule has 0 aromatic carbocycles. The number of fused-ring (bicyclic) bond motifs is 5. The van der Waals surface area contributed by atoms with Gasteiger partial charge in [0.25, 0.3) is 0 Å². The smallest absolute Gasteiger partial charge is 0.323 e. The molecular weight excluding hydrogens is 362 g/mol. The van der Waals surface area contributed by atoms with Gasteiger partial charge in [-0.25, -0.2) is 0 Å². The molecule has 0 heterocycles. The molecule has 0 radical (unpaired) electrons. The van der Waals surface area contributed by atoms with Crippen LogP contribution in [0.5, 0.6) is 0 Å². The standard InChI is InChI=1S/C25H39NO3/c1-5-22(26)23(28)29-17-10-12-24(3)16(14-17)6-7-18-20-9-8-19(15(2)27)25(20,4)13-11-21(18)24/h14,17-22H,5-13,26H2,1-4H3/t17-,18+,19-,20+,21+,22+,24+,25-/m1/s1. The fraction of sp³-hybridized carbons (Fsp3) is 0.840. The molecular formula is C25H39NO3. The van der Waals surface area contributed by atoms with E-state index in [1.165, 1.54) is 31.3 Å². The Hall–Kier alpha value is -1.16. The highest BCUT2D eigenvalue weighted by molar-refractivity contribution is 5.79. The van der Waals surface area contributed by atoms with E-state index in [-0.39, 0.29) is 28.8 Å². The zero-order valence-corrected chi connectivity index (χ0v) is 18.7. The summed E-state index contributed by atoms with van der Waals surface area (Å²) in [5.74, 6) is 2.57. The predicted octanol–water partition coefficient (Wildman–Crippen LogP) is 4.80. The number of hydrogen-bond donors (Lipinski definition) is 1. The Labute approximate surface area is 176 Å². The molecule has 0 saturated heterocycles. The van der Waals surface area contributed by atoms with Crippen molar-refractivity contribution >= 4 is 11.8 Å². The number of nitrogens with two attached hydrogens (primary N) is 1. The van der Waals surface area contributed by atoms with Crippen LogP contribution in [-0.2, 0) is 14.3 Å². The largest absolute Gasteiger partial charge is 0.457 e. The quantitative estimate of drug-likeness (QED) is 0.542. The Balaban J connectivity index is 1.52. The molecule has 4 heteroatoms. The monoisotopic (exact) mass is 401 g/mol. The summed E-state index contributed by atoms with van der Waals surface area (Å²) in [6.45, 7) is 8.60. The van der Waals surface area contributed by atoms with Crippen LogP contribution in [0.2, 0.25) is 0 Å². The van der Waals surface area contributed by atoms with Crippen molar-refractivity contribution in [2.24, 2.45) is 40.2 Å². The summed E-state index contributed by atoms with van der Waals surface area (Å²) in [7, 11) is 0. The van der Waals surface area contributed by atoms with Crippen molar-refractivity contribution < 1.29 is 14.3 Å². The first-order chi connectivity index (χ1) is 13.7. The summed E-state index contributed by atoms with van der Waals surface area (Å²) in [4.78, 5) is 24.4. The van der Waals surface area contributed by atoms with Crippen LogP contribution in [-0.4, -0.2) is 23.9 Å². The first-order valence-electron chi connectivity index (χ1n) is 11.9. The van der Waals surface area contributed by atoms with Crippen LogP contribution >= 0.6 is 0 Å². The number of Topliss-reactive ketones (excluding diaryl/α,β-unsaturated/α-hetero) is 1. The number of esters is 1. The van der Waals surface area contributed by atoms with Crippen molar-refractivity contribution in [3.05, 3.63) is 11.6 Å². The zero-order valence-electron chi connectivity index (χ0n) is 18.7. The Morgan fingerprint density at radius 2 is 1.90 bits per heavy atom. The van der Waals surface area contributed by atoms with Gasteiger partial charge in [-0.05, 0) is 99.4 Å². The second-order valence-electron chi connectivity index (χ2n) is 10.8. The first-order valence-corrected chi connectivity index (χ1v) is 11.9. The van der Waals surface area contributed by atoms with Gasteiger partial charge in [-0.3, -0.25) is 9.59 Å². The average molecular weight is 402 g/mol. The molecule has 29 heavy (non-hydrogen) atoms. The van der Waals surface area contributed by atoms with Gasteiger partial charge in [0.15, 0.2) is 0 Å². The predicted molar refractivity (Wildman–Crippen MR) is 114 cm³/mol. The molecule has 4 nitrogen and oxygen atoms in total. The van der Waals surface area contributed by atoms with E-state index in [1.54, 1.807) is 6.92 Å². The highest BCUT2D eigenvalue weighted by Crippen LogP contribution is 2.66. The maximum atomic E-state index is 12.3. The van der Waals surface area contributed by atoms with Crippen LogP contribution in [0, 0.1) is 34.5 Å². The fourth-order valence-electron chi connectivity index (χ4n) is 7.86. The van der Waals surface area contributed by atoms with E-state index in [9.17, 15) is 9.59 Å². The van der Waals surface area contributed by atoms with Gasteiger partial charge in [0.05, 0.1) is 0 Å². The van der Waals surface area contributed by atoms with Gasteiger partial charge < -0.3 is 10.5 Å². The number of carbonyl (C=O) groups is 2. The van der Waals surface area contributed by atoms with E-state index in [2.05, 4.69) is 19.9 Å². The molecule has 4 rings (SSSR count). The molecule has 0 aliphatic heterocycles. The van der Waals surface area contributed by atoms with Gasteiger partial charge in [-0.2, -0.15) is 0 Å². The Morgan fingerprint density at radius 3 is 2.59 bits per heavy atom. The third-order valence-electron chi connectivity index (χ3n) is 9.57. The summed E-state index contributed by atoms with van der Waals surface area (Å²) in [5, 5.41) is 0. The van der Waals surface area contributed by atoms with Crippen LogP contribution in [0.4, 0.5) is 0 Å². The Bertz CT molecular complexity index is 715. The molecule has 162 valence electrons. The Kier molecular flexibility index (Phi) is 5.46. The van der Waals surface area contributed by atoms with Gasteiger partial charge in [-0.1, -0.05) is 26.3 Å². The van der Waals surface area contributed by atoms with E-state index in [0.717, 1.165) is 31.6 Å². The van der Waals surface area contributed by atoms with E-state index in [0.29, 0.717) is 24.0 Å². The van der Waals surface area contributed by atoms with Gasteiger partial charge in [0, 0.05) is 5.92 Å². The lowest BCUT2D eigenvalue weighted by Crippen LogP contribution is -2.51. The molecule has 4 aliphatic rings. The molecule has 4 aliphatic carbocycles. The third kappa shape index (κ3) is 3.30. The topological polar surface area (TPSA) is 69.4 Å². The van der Waals surface area contributed by atoms with E-state index in [1.807, 2.05) is 6.92 Å². The second kappa shape index (κ2) is 7.51. The van der Waals surface area contributed by atoms with E-state index in [4.69, 9.17) is 10.5 Å². The molecule has 0 aromatic heterocycles. The fourth-order valence-corrected chi connectivity index (χ4v) is 7.86. The summed E-state index contributed by atoms with van der Waals surface area (Å²) < 4.78 is 5.72. The minimum atomic E-state index is -0.509. The van der Waals surface area contributed by atoms with E-state index < -0.39 is 6.04 Å². The summed E-state index contributed by atoms with van der Waals surface area (Å²) in [6, 6.07) is -0.509. The summed E-state index contributed by atoms with van der Waals surface area (Å²) in [5.41, 5.74) is 7.81. The third-order valence-corrected chi connectivity index (χ3v) is 9.57. The second-order valence-corrected chi connectivity index (χ2v) is 10.8. The molecule has 0 aromatic rings. The molecule has 0 amide bonds. The minimum Gasteiger partial charge on any atom is -0.457 e. The van der Waals surface area contributed by atoms with Gasteiger partial charge in [0.2, 0.25) is 0 Å². The molecule has 3 saturated carbocycles. The molecule has 0 unspecified atom stereocenters. The minimum absolute atomic E-state index is 0.109. The number of allylic oxidation sites excluding steroid dienone is 1. The number of ketones is 1. The lowest BCUT2D eigenvalue weighted by molar-refractivity contribution is -0.150. The molecule has 0 bridgehead atoms. The molecule has 8 atom stereocenters. The van der Waals surface area contributed by atoms with Crippen LogP contribution in [0.3, 0.4) is 0 Å². The van der Waals surface area contributed by atoms with Crippen LogP contribution in [0.15, 0.2) is 11.6 Å². The summed E-state index contributed by atoms with van der Waals surface area (Å²) >= 11 is 0. The van der Waals surface area contributed by atoms with Gasteiger partial charge >= 0.3 is 5.97 Å². The van der Waals surface area contributed by atoms with Crippen molar-refractivity contribution in [3.63, 3.8) is 0 Å². The average Bonchev–Trinajstić information content (AvgIpc) is 3.05. The lowest BCUT2D eigenvalue weighted by Gasteiger charge is -2.58. The Morgan fingerprint density at radius 1 is 1.14 bits per heavy atom. The van der Waals surface area contributed by atoms with Crippen LogP contribution in [0.1, 0.15) is 85.5 Å². The molecule has 2 N–H and O–H groups in total. The highest BCUT2D eigenvalue weighted by atomic mass is 16.5. The van der Waals surface area contributed by atoms with Crippen molar-refractivity contribution in [2.45, 2.75) is 97.6 Å². The van der Waals surface area contributed by atoms with Crippen LogP contribution in [0.25, 0.3) is 0 Å². The number of hydrogen-bond acceptors (Lipinski definition) is 4. The SMILES string of the molecule is CC[C@H](N)C(=O)O[C@H]1C=C2CC[C@H]3[C@@H]4CC[C@H](C(C)=O)[C@@]4(C)CC[C@@H]3[C@@]2(C)CC1. The summed E-state index contributed by atoms with van der Waals surface area (Å²) in [6.07, 6.45) is 11.9. The van der Waals surface area contributed by atoms with Crippen LogP contribution < -0.4 is 5.73 Å². The normalized spacial score (nSPS) is 44.7. The number of ether oxygens (including phenoxy) is 1. The molecule has 3 fully saturated rings. The first kappa shape index (κ1) is 21.1. The lowest BCUT2D eigenvalue weighted by atomic mass is 9.46. The maximum Gasteiger partial charge on any atom is 0.323 e. The van der Waals surface area contributed by atoms with Crippen molar-refractivity contribution in [3.8, 4) is 0 Å². The van der Waals surface area contributed by atoms with Crippen molar-refractivity contribution in [2.75, 3.05) is 0 Å². The van der Waals surface area contributed by atoms with E-state index >= 15 is 0 Å². The van der Waals surface area contributed by atoms with Crippen molar-refractivity contribution in [1.82, 2.24) is 0 Å². The van der Waals surface area contributed by atoms with Gasteiger partial charge in [-0.15, -0.1) is 0 Å². The maximum absolute atomic E-state index is 12.3. The highest BCUT2D eigenvalue weighted by Gasteiger charge is 2.59. The van der Waals surface area contributed by atoms with Crippen molar-refractivity contribution in [1.29, 1.82) is 0 Å². The number of carbonyl (C=O) groups excluding carboxylic acids is 2. The zero-order chi connectivity index (χ0) is 21.0. The number of rotatable bonds is 4. The molecule has 0 spiro atoms. The van der Waals surface area contributed by atoms with Gasteiger partial charge in [0.1, 0.15) is 17.9 Å².